The topological polar surface area (TPSA) is 118 Å². The van der Waals surface area contributed by atoms with Gasteiger partial charge >= 0.3 is 6.03 Å². The molecular formula is C22H26N8O3. The Morgan fingerprint density at radius 3 is 2.55 bits per heavy atom. The molecule has 0 atom stereocenters. The average Bonchev–Trinajstić information content (AvgIpc) is 3.23. The third-order valence-electron chi connectivity index (χ3n) is 5.16. The van der Waals surface area contributed by atoms with E-state index in [0.29, 0.717) is 17.3 Å². The number of aryl methyl sites for hydroxylation is 1. The van der Waals surface area contributed by atoms with Crippen molar-refractivity contribution in [3.8, 4) is 22.8 Å². The van der Waals surface area contributed by atoms with E-state index < -0.39 is 6.03 Å². The van der Waals surface area contributed by atoms with Gasteiger partial charge in [0, 0.05) is 57.3 Å². The van der Waals surface area contributed by atoms with Crippen LogP contribution < -0.4 is 15.4 Å². The number of urea groups is 1. The molecule has 0 saturated carbocycles. The molecule has 0 aliphatic carbocycles. The van der Waals surface area contributed by atoms with Crippen LogP contribution in [0.5, 0.6) is 11.5 Å². The van der Waals surface area contributed by atoms with Crippen molar-refractivity contribution >= 4 is 17.8 Å². The maximum absolute atomic E-state index is 12.1. The number of carbonyl (C=O) groups excluding carboxylic acids is 2. The fourth-order valence-corrected chi connectivity index (χ4v) is 3.36. The van der Waals surface area contributed by atoms with Gasteiger partial charge in [-0.05, 0) is 25.2 Å². The van der Waals surface area contributed by atoms with Crippen LogP contribution in [-0.4, -0.2) is 81.3 Å². The lowest BCUT2D eigenvalue weighted by Gasteiger charge is -2.31. The Labute approximate surface area is 191 Å². The maximum Gasteiger partial charge on any atom is 0.327 e. The van der Waals surface area contributed by atoms with E-state index in [-0.39, 0.29) is 12.5 Å². The smallest absolute Gasteiger partial charge is 0.327 e. The number of nitrogens with zero attached hydrogens (tertiary/aromatic N) is 6. The van der Waals surface area contributed by atoms with Crippen LogP contribution in [0.2, 0.25) is 0 Å². The summed E-state index contributed by atoms with van der Waals surface area (Å²) in [6, 6.07) is 6.21. The monoisotopic (exact) mass is 450 g/mol. The first-order valence-corrected chi connectivity index (χ1v) is 10.6. The van der Waals surface area contributed by atoms with Crippen molar-refractivity contribution in [2.45, 2.75) is 0 Å². The highest BCUT2D eigenvalue weighted by atomic mass is 16.5. The standard InChI is InChI=1S/C22H26N8O3/c1-28-7-9-30(10-8-28)15-21(31)27-22(32)26-20-4-3-18(13-24-20)33-17-5-6-23-19(11-17)16-12-25-29(2)14-16/h3-6,11-14H,7-10,15H2,1-2H3,(H2,24,26,27,31,32). The van der Waals surface area contributed by atoms with Gasteiger partial charge < -0.3 is 9.64 Å². The van der Waals surface area contributed by atoms with Gasteiger partial charge in [0.05, 0.1) is 24.6 Å². The molecular weight excluding hydrogens is 424 g/mol. The molecule has 1 saturated heterocycles. The first-order chi connectivity index (χ1) is 15.9. The second kappa shape index (κ2) is 10.2. The molecule has 3 aromatic heterocycles. The lowest BCUT2D eigenvalue weighted by atomic mass is 10.2. The molecule has 0 spiro atoms. The minimum Gasteiger partial charge on any atom is -0.456 e. The third-order valence-corrected chi connectivity index (χ3v) is 5.16. The van der Waals surface area contributed by atoms with Crippen molar-refractivity contribution in [1.29, 1.82) is 0 Å². The van der Waals surface area contributed by atoms with E-state index in [2.05, 4.69) is 30.6 Å². The van der Waals surface area contributed by atoms with E-state index in [4.69, 9.17) is 4.74 Å². The minimum atomic E-state index is -0.620. The Morgan fingerprint density at radius 1 is 1.03 bits per heavy atom. The summed E-state index contributed by atoms with van der Waals surface area (Å²) in [6.45, 7) is 3.60. The Balaban J connectivity index is 1.28. The van der Waals surface area contributed by atoms with Crippen LogP contribution in [0.1, 0.15) is 0 Å². The van der Waals surface area contributed by atoms with Gasteiger partial charge in [-0.2, -0.15) is 5.10 Å². The van der Waals surface area contributed by atoms with E-state index in [0.717, 1.165) is 37.4 Å². The summed E-state index contributed by atoms with van der Waals surface area (Å²) in [5, 5.41) is 9.04. The van der Waals surface area contributed by atoms with Crippen molar-refractivity contribution in [2.24, 2.45) is 7.05 Å². The Morgan fingerprint density at radius 2 is 1.85 bits per heavy atom. The summed E-state index contributed by atoms with van der Waals surface area (Å²) in [5.74, 6) is 1.05. The Bertz CT molecular complexity index is 1110. The lowest BCUT2D eigenvalue weighted by molar-refractivity contribution is -0.121. The molecule has 0 unspecified atom stereocenters. The van der Waals surface area contributed by atoms with Crippen molar-refractivity contribution in [1.82, 2.24) is 34.9 Å². The van der Waals surface area contributed by atoms with E-state index in [9.17, 15) is 9.59 Å². The highest BCUT2D eigenvalue weighted by molar-refractivity contribution is 6.01. The predicted octanol–water partition coefficient (Wildman–Crippen LogP) is 1.56. The SMILES string of the molecule is CN1CCN(CC(=O)NC(=O)Nc2ccc(Oc3ccnc(-c4cnn(C)c4)c3)cn2)CC1. The zero-order valence-corrected chi connectivity index (χ0v) is 18.6. The number of hydrogen-bond acceptors (Lipinski definition) is 8. The van der Waals surface area contributed by atoms with E-state index >= 15 is 0 Å². The number of hydrogen-bond donors (Lipinski definition) is 2. The molecule has 11 nitrogen and oxygen atoms in total. The first-order valence-electron chi connectivity index (χ1n) is 10.6. The highest BCUT2D eigenvalue weighted by Crippen LogP contribution is 2.25. The molecule has 2 N–H and O–H groups in total. The number of amides is 3. The molecule has 4 rings (SSSR count). The van der Waals surface area contributed by atoms with Gasteiger partial charge in [0.2, 0.25) is 5.91 Å². The fraction of sp³-hybridized carbons (Fsp3) is 0.318. The van der Waals surface area contributed by atoms with Crippen molar-refractivity contribution in [3.05, 3.63) is 49.1 Å². The van der Waals surface area contributed by atoms with Crippen LogP contribution in [0.15, 0.2) is 49.1 Å². The van der Waals surface area contributed by atoms with Crippen molar-refractivity contribution < 1.29 is 14.3 Å². The molecule has 3 aromatic rings. The summed E-state index contributed by atoms with van der Waals surface area (Å²) in [6.07, 6.45) is 6.75. The quantitative estimate of drug-likeness (QED) is 0.581. The third kappa shape index (κ3) is 6.34. The number of carbonyl (C=O) groups is 2. The molecule has 0 bridgehead atoms. The van der Waals surface area contributed by atoms with Crippen molar-refractivity contribution in [3.63, 3.8) is 0 Å². The number of piperazine rings is 1. The summed E-state index contributed by atoms with van der Waals surface area (Å²) in [7, 11) is 3.89. The molecule has 3 amide bonds. The number of pyridine rings is 2. The summed E-state index contributed by atoms with van der Waals surface area (Å²) >= 11 is 0. The summed E-state index contributed by atoms with van der Waals surface area (Å²) < 4.78 is 7.55. The Hall–Kier alpha value is -3.83. The average molecular weight is 451 g/mol. The maximum atomic E-state index is 12.1. The van der Waals surface area contributed by atoms with Crippen LogP contribution in [-0.2, 0) is 11.8 Å². The largest absolute Gasteiger partial charge is 0.456 e. The van der Waals surface area contributed by atoms with Gasteiger partial charge in [-0.15, -0.1) is 0 Å². The second-order valence-corrected chi connectivity index (χ2v) is 7.84. The fourth-order valence-electron chi connectivity index (χ4n) is 3.36. The summed E-state index contributed by atoms with van der Waals surface area (Å²) in [4.78, 5) is 37.0. The van der Waals surface area contributed by atoms with E-state index in [1.54, 1.807) is 35.3 Å². The number of aromatic nitrogens is 4. The van der Waals surface area contributed by atoms with Crippen LogP contribution >= 0.6 is 0 Å². The molecule has 4 heterocycles. The minimum absolute atomic E-state index is 0.189. The number of rotatable bonds is 6. The number of imide groups is 1. The zero-order chi connectivity index (χ0) is 23.2. The van der Waals surface area contributed by atoms with Gasteiger partial charge in [-0.25, -0.2) is 9.78 Å². The predicted molar refractivity (Wildman–Crippen MR) is 122 cm³/mol. The van der Waals surface area contributed by atoms with Crippen LogP contribution in [0.3, 0.4) is 0 Å². The molecule has 1 aliphatic rings. The second-order valence-electron chi connectivity index (χ2n) is 7.84. The normalized spacial score (nSPS) is 14.6. The van der Waals surface area contributed by atoms with Gasteiger partial charge in [-0.1, -0.05) is 0 Å². The van der Waals surface area contributed by atoms with Crippen LogP contribution in [0.4, 0.5) is 10.6 Å². The molecule has 1 fully saturated rings. The molecule has 11 heteroatoms. The van der Waals surface area contributed by atoms with Gasteiger partial charge in [0.15, 0.2) is 0 Å². The lowest BCUT2D eigenvalue weighted by Crippen LogP contribution is -2.49. The molecule has 33 heavy (non-hydrogen) atoms. The molecule has 1 aliphatic heterocycles. The number of anilines is 1. The first kappa shape index (κ1) is 22.4. The summed E-state index contributed by atoms with van der Waals surface area (Å²) in [5.41, 5.74) is 1.62. The van der Waals surface area contributed by atoms with Gasteiger partial charge in [-0.3, -0.25) is 30.0 Å². The number of likely N-dealkylation sites (N-methyl/N-ethyl adjacent to an activating group) is 1. The molecule has 172 valence electrons. The van der Waals surface area contributed by atoms with Crippen LogP contribution in [0, 0.1) is 0 Å². The number of nitrogens with one attached hydrogen (secondary N) is 2. The van der Waals surface area contributed by atoms with Crippen LogP contribution in [0.25, 0.3) is 11.3 Å². The van der Waals surface area contributed by atoms with Gasteiger partial charge in [0.25, 0.3) is 0 Å². The molecule has 0 aromatic carbocycles. The number of ether oxygens (including phenoxy) is 1. The van der Waals surface area contributed by atoms with E-state index in [1.807, 2.05) is 31.3 Å². The Kier molecular flexibility index (Phi) is 6.91. The van der Waals surface area contributed by atoms with E-state index in [1.165, 1.54) is 6.20 Å². The van der Waals surface area contributed by atoms with Crippen molar-refractivity contribution in [2.75, 3.05) is 45.1 Å². The van der Waals surface area contributed by atoms with Gasteiger partial charge in [0.1, 0.15) is 17.3 Å². The molecule has 0 radical (unpaired) electrons. The zero-order valence-electron chi connectivity index (χ0n) is 18.6. The highest BCUT2D eigenvalue weighted by Gasteiger charge is 2.18.